The molecule has 0 fully saturated rings. The van der Waals surface area contributed by atoms with E-state index < -0.39 is 0 Å². The Bertz CT molecular complexity index is 1050. The van der Waals surface area contributed by atoms with Crippen LogP contribution in [0.4, 0.5) is 0 Å². The fourth-order valence-corrected chi connectivity index (χ4v) is 3.26. The van der Waals surface area contributed by atoms with E-state index >= 15 is 0 Å². The largest absolute Gasteiger partial charge is 0.350 e. The van der Waals surface area contributed by atoms with Crippen molar-refractivity contribution in [2.24, 2.45) is 0 Å². The smallest absolute Gasteiger partial charge is 0.269 e. The lowest BCUT2D eigenvalue weighted by molar-refractivity contribution is 0.0950. The van der Waals surface area contributed by atoms with E-state index in [9.17, 15) is 4.79 Å². The first kappa shape index (κ1) is 16.0. The molecule has 0 spiro atoms. The van der Waals surface area contributed by atoms with E-state index in [1.807, 2.05) is 24.3 Å². The second-order valence-corrected chi connectivity index (χ2v) is 6.52. The minimum atomic E-state index is -0.256. The number of hydrogen-bond donors (Lipinski definition) is 3. The molecule has 2 aromatic heterocycles. The van der Waals surface area contributed by atoms with Crippen molar-refractivity contribution >= 4 is 51.0 Å². The Kier molecular flexibility index (Phi) is 4.11. The summed E-state index contributed by atoms with van der Waals surface area (Å²) in [5.41, 5.74) is 3.01. The summed E-state index contributed by atoms with van der Waals surface area (Å²) in [5, 5.41) is 4.54. The molecule has 0 radical (unpaired) electrons. The van der Waals surface area contributed by atoms with Gasteiger partial charge in [-0.05, 0) is 30.3 Å². The molecular weight excluding hydrogens is 359 g/mol. The number of carbonyl (C=O) groups is 1. The number of aromatic nitrogens is 3. The third kappa shape index (κ3) is 3.08. The van der Waals surface area contributed by atoms with E-state index in [-0.39, 0.29) is 5.91 Å². The number of hydrogen-bond acceptors (Lipinski definition) is 2. The highest BCUT2D eigenvalue weighted by Crippen LogP contribution is 2.29. The summed E-state index contributed by atoms with van der Waals surface area (Å²) in [6.45, 7) is 0.450. The molecule has 0 aliphatic rings. The molecule has 0 atom stereocenters. The van der Waals surface area contributed by atoms with Crippen LogP contribution in [0.5, 0.6) is 0 Å². The van der Waals surface area contributed by atoms with Crippen LogP contribution in [0.3, 0.4) is 0 Å². The molecule has 2 heterocycles. The van der Waals surface area contributed by atoms with Gasteiger partial charge in [0.2, 0.25) is 0 Å². The zero-order valence-corrected chi connectivity index (χ0v) is 14.6. The van der Waals surface area contributed by atoms with Gasteiger partial charge in [-0.25, -0.2) is 4.98 Å². The van der Waals surface area contributed by atoms with Gasteiger partial charge in [0, 0.05) is 28.9 Å². The number of aromatic amines is 2. The van der Waals surface area contributed by atoms with Crippen molar-refractivity contribution in [3.63, 3.8) is 0 Å². The predicted octanol–water partition coefficient (Wildman–Crippen LogP) is 4.32. The topological polar surface area (TPSA) is 73.6 Å². The number of H-pyrrole nitrogens is 2. The zero-order valence-electron chi connectivity index (χ0n) is 13.1. The van der Waals surface area contributed by atoms with Crippen LogP contribution in [-0.2, 0) is 6.42 Å². The summed E-state index contributed by atoms with van der Waals surface area (Å²) >= 11 is 12.3. The lowest BCUT2D eigenvalue weighted by atomic mass is 10.2. The number of fused-ring (bicyclic) bond motifs is 2. The lowest BCUT2D eigenvalue weighted by Crippen LogP contribution is -2.26. The Morgan fingerprint density at radius 1 is 1.08 bits per heavy atom. The van der Waals surface area contributed by atoms with Crippen molar-refractivity contribution in [3.8, 4) is 0 Å². The van der Waals surface area contributed by atoms with E-state index in [0.717, 1.165) is 27.8 Å². The summed E-state index contributed by atoms with van der Waals surface area (Å²) in [6, 6.07) is 13.1. The van der Waals surface area contributed by atoms with Gasteiger partial charge in [-0.15, -0.1) is 0 Å². The predicted molar refractivity (Wildman–Crippen MR) is 100 cm³/mol. The third-order valence-corrected chi connectivity index (χ3v) is 4.64. The number of para-hydroxylation sites is 2. The molecule has 0 aliphatic heterocycles. The Balaban J connectivity index is 1.46. The van der Waals surface area contributed by atoms with Crippen molar-refractivity contribution in [1.82, 2.24) is 20.3 Å². The van der Waals surface area contributed by atoms with Crippen molar-refractivity contribution in [1.29, 1.82) is 0 Å². The van der Waals surface area contributed by atoms with Crippen LogP contribution in [0.1, 0.15) is 16.3 Å². The van der Waals surface area contributed by atoms with Crippen LogP contribution >= 0.6 is 23.2 Å². The second-order valence-electron chi connectivity index (χ2n) is 5.71. The van der Waals surface area contributed by atoms with Crippen LogP contribution in [-0.4, -0.2) is 27.4 Å². The van der Waals surface area contributed by atoms with E-state index in [1.54, 1.807) is 18.2 Å². The standard InChI is InChI=1S/C18H14Cl2N4O/c19-10-5-6-12-11(9-10)16(20)17(24-12)18(25)21-8-7-15-22-13-3-1-2-4-14(13)23-15/h1-6,9,24H,7-8H2,(H,21,25)(H,22,23). The first-order valence-electron chi connectivity index (χ1n) is 7.80. The van der Waals surface area contributed by atoms with E-state index in [0.29, 0.717) is 28.7 Å². The highest BCUT2D eigenvalue weighted by atomic mass is 35.5. The number of nitrogens with zero attached hydrogens (tertiary/aromatic N) is 1. The first-order valence-corrected chi connectivity index (χ1v) is 8.56. The summed E-state index contributed by atoms with van der Waals surface area (Å²) in [5.74, 6) is 0.574. The molecule has 126 valence electrons. The van der Waals surface area contributed by atoms with E-state index in [4.69, 9.17) is 23.2 Å². The maximum absolute atomic E-state index is 12.4. The zero-order chi connectivity index (χ0) is 17.4. The number of rotatable bonds is 4. The highest BCUT2D eigenvalue weighted by Gasteiger charge is 2.16. The molecular formula is C18H14Cl2N4O. The normalized spacial score (nSPS) is 11.3. The van der Waals surface area contributed by atoms with Gasteiger partial charge < -0.3 is 15.3 Å². The van der Waals surface area contributed by atoms with Crippen LogP contribution in [0.25, 0.3) is 21.9 Å². The Morgan fingerprint density at radius 2 is 1.92 bits per heavy atom. The molecule has 25 heavy (non-hydrogen) atoms. The van der Waals surface area contributed by atoms with Gasteiger partial charge >= 0.3 is 0 Å². The number of benzene rings is 2. The lowest BCUT2D eigenvalue weighted by Gasteiger charge is -2.02. The van der Waals surface area contributed by atoms with E-state index in [2.05, 4.69) is 20.3 Å². The van der Waals surface area contributed by atoms with Gasteiger partial charge in [0.05, 0.1) is 16.1 Å². The van der Waals surface area contributed by atoms with Crippen LogP contribution in [0, 0.1) is 0 Å². The highest BCUT2D eigenvalue weighted by molar-refractivity contribution is 6.39. The van der Waals surface area contributed by atoms with Crippen molar-refractivity contribution < 1.29 is 4.79 Å². The quantitative estimate of drug-likeness (QED) is 0.498. The van der Waals surface area contributed by atoms with Crippen molar-refractivity contribution in [2.45, 2.75) is 6.42 Å². The summed E-state index contributed by atoms with van der Waals surface area (Å²) in [7, 11) is 0. The van der Waals surface area contributed by atoms with Crippen molar-refractivity contribution in [3.05, 3.63) is 64.0 Å². The Hall–Kier alpha value is -2.50. The average molecular weight is 373 g/mol. The fraction of sp³-hybridized carbons (Fsp3) is 0.111. The first-order chi connectivity index (χ1) is 12.1. The van der Waals surface area contributed by atoms with Crippen molar-refractivity contribution in [2.75, 3.05) is 6.54 Å². The molecule has 0 unspecified atom stereocenters. The van der Waals surface area contributed by atoms with Gasteiger partial charge in [0.1, 0.15) is 11.5 Å². The van der Waals surface area contributed by atoms with E-state index in [1.165, 1.54) is 0 Å². The Morgan fingerprint density at radius 3 is 2.76 bits per heavy atom. The number of amides is 1. The molecule has 0 bridgehead atoms. The molecule has 0 aliphatic carbocycles. The number of nitrogens with one attached hydrogen (secondary N) is 3. The molecule has 0 saturated carbocycles. The molecule has 5 nitrogen and oxygen atoms in total. The summed E-state index contributed by atoms with van der Waals surface area (Å²) < 4.78 is 0. The SMILES string of the molecule is O=C(NCCc1nc2ccccc2[nH]1)c1[nH]c2ccc(Cl)cc2c1Cl. The molecule has 7 heteroatoms. The summed E-state index contributed by atoms with van der Waals surface area (Å²) in [6.07, 6.45) is 0.601. The maximum atomic E-state index is 12.4. The molecule has 2 aromatic carbocycles. The minimum absolute atomic E-state index is 0.256. The van der Waals surface area contributed by atoms with Gasteiger partial charge in [0.25, 0.3) is 5.91 Å². The minimum Gasteiger partial charge on any atom is -0.350 e. The third-order valence-electron chi connectivity index (χ3n) is 4.01. The number of halogens is 2. The average Bonchev–Trinajstić information content (AvgIpc) is 3.16. The van der Waals surface area contributed by atoms with Crippen LogP contribution in [0.15, 0.2) is 42.5 Å². The summed E-state index contributed by atoms with van der Waals surface area (Å²) in [4.78, 5) is 23.2. The van der Waals surface area contributed by atoms with Gasteiger partial charge in [-0.1, -0.05) is 35.3 Å². The Labute approximate surface area is 153 Å². The van der Waals surface area contributed by atoms with Gasteiger partial charge in [-0.3, -0.25) is 4.79 Å². The molecule has 0 saturated heterocycles. The fourth-order valence-electron chi connectivity index (χ4n) is 2.79. The van der Waals surface area contributed by atoms with Gasteiger partial charge in [-0.2, -0.15) is 0 Å². The second kappa shape index (κ2) is 6.43. The van der Waals surface area contributed by atoms with Crippen LogP contribution < -0.4 is 5.32 Å². The van der Waals surface area contributed by atoms with Gasteiger partial charge in [0.15, 0.2) is 0 Å². The number of carbonyl (C=O) groups excluding carboxylic acids is 1. The maximum Gasteiger partial charge on any atom is 0.269 e. The molecule has 4 aromatic rings. The van der Waals surface area contributed by atoms with Crippen LogP contribution in [0.2, 0.25) is 10.0 Å². The molecule has 3 N–H and O–H groups in total. The number of imidazole rings is 1. The molecule has 4 rings (SSSR count). The monoisotopic (exact) mass is 372 g/mol. The molecule has 1 amide bonds.